The number of benzene rings is 1. The molecule has 4 nitrogen and oxygen atoms in total. The third-order valence-corrected chi connectivity index (χ3v) is 3.19. The molecule has 0 amide bonds. The van der Waals surface area contributed by atoms with Crippen molar-refractivity contribution in [3.63, 3.8) is 0 Å². The summed E-state index contributed by atoms with van der Waals surface area (Å²) >= 11 is 0. The van der Waals surface area contributed by atoms with Gasteiger partial charge in [-0.05, 0) is 30.5 Å². The van der Waals surface area contributed by atoms with E-state index in [1.165, 1.54) is 0 Å². The number of rotatable bonds is 1. The molecule has 4 heteroatoms. The van der Waals surface area contributed by atoms with E-state index in [0.717, 1.165) is 30.5 Å². The molecule has 3 rings (SSSR count). The van der Waals surface area contributed by atoms with E-state index in [9.17, 15) is 9.90 Å². The van der Waals surface area contributed by atoms with Crippen LogP contribution in [0.5, 0.6) is 5.75 Å². The maximum Gasteiger partial charge on any atom is 0.355 e. The molecule has 1 aromatic rings. The number of phenols is 1. The largest absolute Gasteiger partial charge is 0.508 e. The van der Waals surface area contributed by atoms with Crippen molar-refractivity contribution in [1.82, 2.24) is 5.32 Å². The van der Waals surface area contributed by atoms with Crippen LogP contribution in [0.1, 0.15) is 24.5 Å². The first-order valence-electron chi connectivity index (χ1n) is 5.72. The predicted molar refractivity (Wildman–Crippen MR) is 61.2 cm³/mol. The van der Waals surface area contributed by atoms with Crippen LogP contribution in [0.4, 0.5) is 0 Å². The van der Waals surface area contributed by atoms with Crippen LogP contribution in [0.25, 0.3) is 0 Å². The van der Waals surface area contributed by atoms with E-state index in [2.05, 4.69) is 5.32 Å². The Labute approximate surface area is 98.9 Å². The van der Waals surface area contributed by atoms with Gasteiger partial charge in [0, 0.05) is 12.1 Å². The Kier molecular flexibility index (Phi) is 2.28. The lowest BCUT2D eigenvalue weighted by Crippen LogP contribution is -2.23. The van der Waals surface area contributed by atoms with Gasteiger partial charge in [-0.3, -0.25) is 0 Å². The first-order chi connectivity index (χ1) is 8.25. The standard InChI is InChI=1S/C13H13NO3/c15-9-5-3-8(4-6-9)12-10-2-1-7-14-11(10)13(16)17-12/h3-6,12,14-15H,1-2,7H2/t12-/m1/s1. The quantitative estimate of drug-likeness (QED) is 0.721. The van der Waals surface area contributed by atoms with Gasteiger partial charge in [-0.1, -0.05) is 12.1 Å². The van der Waals surface area contributed by atoms with Crippen LogP contribution < -0.4 is 5.32 Å². The molecule has 0 saturated heterocycles. The zero-order valence-corrected chi connectivity index (χ0v) is 9.27. The number of carbonyl (C=O) groups excluding carboxylic acids is 1. The van der Waals surface area contributed by atoms with E-state index < -0.39 is 0 Å². The molecule has 0 aromatic heterocycles. The van der Waals surface area contributed by atoms with E-state index in [-0.39, 0.29) is 17.8 Å². The number of nitrogens with one attached hydrogen (secondary N) is 1. The summed E-state index contributed by atoms with van der Waals surface area (Å²) < 4.78 is 5.38. The van der Waals surface area contributed by atoms with Gasteiger partial charge in [-0.15, -0.1) is 0 Å². The Hall–Kier alpha value is -1.97. The minimum absolute atomic E-state index is 0.217. The van der Waals surface area contributed by atoms with Gasteiger partial charge >= 0.3 is 5.97 Å². The highest BCUT2D eigenvalue weighted by atomic mass is 16.5. The van der Waals surface area contributed by atoms with Crippen molar-refractivity contribution in [2.24, 2.45) is 0 Å². The summed E-state index contributed by atoms with van der Waals surface area (Å²) in [5.74, 6) is -0.0492. The average Bonchev–Trinajstić information content (AvgIpc) is 2.69. The van der Waals surface area contributed by atoms with Crippen molar-refractivity contribution in [2.45, 2.75) is 18.9 Å². The van der Waals surface area contributed by atoms with Crippen LogP contribution in [0.3, 0.4) is 0 Å². The summed E-state index contributed by atoms with van der Waals surface area (Å²) in [6.45, 7) is 0.830. The summed E-state index contributed by atoms with van der Waals surface area (Å²) in [6.07, 6.45) is 1.62. The van der Waals surface area contributed by atoms with Crippen LogP contribution in [0.2, 0.25) is 0 Å². The molecule has 1 aromatic carbocycles. The lowest BCUT2D eigenvalue weighted by Gasteiger charge is -2.17. The molecule has 2 aliphatic rings. The second-order valence-corrected chi connectivity index (χ2v) is 4.31. The highest BCUT2D eigenvalue weighted by Gasteiger charge is 2.36. The normalized spacial score (nSPS) is 23.1. The van der Waals surface area contributed by atoms with E-state index in [1.54, 1.807) is 24.3 Å². The van der Waals surface area contributed by atoms with Gasteiger partial charge in [0.05, 0.1) is 0 Å². The number of hydrogen-bond acceptors (Lipinski definition) is 4. The summed E-state index contributed by atoms with van der Waals surface area (Å²) in [6, 6.07) is 6.80. The summed E-state index contributed by atoms with van der Waals surface area (Å²) in [5, 5.41) is 12.3. The van der Waals surface area contributed by atoms with Crippen LogP contribution in [-0.4, -0.2) is 17.6 Å². The molecular formula is C13H13NO3. The molecule has 0 bridgehead atoms. The molecule has 2 N–H and O–H groups in total. The molecule has 0 fully saturated rings. The van der Waals surface area contributed by atoms with Gasteiger partial charge < -0.3 is 15.2 Å². The molecule has 2 heterocycles. The van der Waals surface area contributed by atoms with E-state index in [0.29, 0.717) is 5.70 Å². The Morgan fingerprint density at radius 1 is 1.29 bits per heavy atom. The van der Waals surface area contributed by atoms with Crippen LogP contribution in [0.15, 0.2) is 35.5 Å². The third-order valence-electron chi connectivity index (χ3n) is 3.19. The number of aromatic hydroxyl groups is 1. The van der Waals surface area contributed by atoms with Crippen LogP contribution >= 0.6 is 0 Å². The zero-order valence-electron chi connectivity index (χ0n) is 9.27. The van der Waals surface area contributed by atoms with Crippen LogP contribution in [0, 0.1) is 0 Å². The second kappa shape index (κ2) is 3.80. The topological polar surface area (TPSA) is 58.6 Å². The number of cyclic esters (lactones) is 1. The second-order valence-electron chi connectivity index (χ2n) is 4.31. The Bertz CT molecular complexity index is 490. The average molecular weight is 231 g/mol. The fourth-order valence-corrected chi connectivity index (χ4v) is 2.35. The van der Waals surface area contributed by atoms with Gasteiger partial charge in [0.1, 0.15) is 11.4 Å². The Morgan fingerprint density at radius 2 is 2.06 bits per heavy atom. The highest BCUT2D eigenvalue weighted by molar-refractivity contribution is 5.92. The molecule has 17 heavy (non-hydrogen) atoms. The molecule has 1 atom stereocenters. The number of esters is 1. The predicted octanol–water partition coefficient (Wildman–Crippen LogP) is 1.63. The smallest absolute Gasteiger partial charge is 0.355 e. The summed E-state index contributed by atoms with van der Waals surface area (Å²) in [5.41, 5.74) is 2.58. The van der Waals surface area contributed by atoms with Gasteiger partial charge in [0.2, 0.25) is 0 Å². The van der Waals surface area contributed by atoms with E-state index in [4.69, 9.17) is 4.74 Å². The monoisotopic (exact) mass is 231 g/mol. The van der Waals surface area contributed by atoms with E-state index in [1.807, 2.05) is 0 Å². The molecule has 2 aliphatic heterocycles. The maximum atomic E-state index is 11.7. The Morgan fingerprint density at radius 3 is 2.82 bits per heavy atom. The van der Waals surface area contributed by atoms with Crippen molar-refractivity contribution in [3.8, 4) is 5.75 Å². The van der Waals surface area contributed by atoms with Gasteiger partial charge in [0.15, 0.2) is 6.10 Å². The highest BCUT2D eigenvalue weighted by Crippen LogP contribution is 2.38. The van der Waals surface area contributed by atoms with Crippen molar-refractivity contribution in [2.75, 3.05) is 6.54 Å². The van der Waals surface area contributed by atoms with Crippen molar-refractivity contribution >= 4 is 5.97 Å². The first kappa shape index (κ1) is 10.2. The number of phenolic OH excluding ortho intramolecular Hbond substituents is 1. The fraction of sp³-hybridized carbons (Fsp3) is 0.308. The summed E-state index contributed by atoms with van der Waals surface area (Å²) in [7, 11) is 0. The molecule has 0 saturated carbocycles. The van der Waals surface area contributed by atoms with Crippen molar-refractivity contribution in [3.05, 3.63) is 41.1 Å². The van der Waals surface area contributed by atoms with E-state index >= 15 is 0 Å². The maximum absolute atomic E-state index is 11.7. The lowest BCUT2D eigenvalue weighted by atomic mass is 9.95. The number of carbonyl (C=O) groups is 1. The van der Waals surface area contributed by atoms with Crippen molar-refractivity contribution < 1.29 is 14.6 Å². The first-order valence-corrected chi connectivity index (χ1v) is 5.72. The molecule has 0 spiro atoms. The molecule has 0 radical (unpaired) electrons. The van der Waals surface area contributed by atoms with Gasteiger partial charge in [-0.2, -0.15) is 0 Å². The SMILES string of the molecule is O=C1O[C@H](c2ccc(O)cc2)C2=C1NCCC2. The van der Waals surface area contributed by atoms with Crippen LogP contribution in [-0.2, 0) is 9.53 Å². The number of hydrogen-bond donors (Lipinski definition) is 2. The van der Waals surface area contributed by atoms with Crippen molar-refractivity contribution in [1.29, 1.82) is 0 Å². The lowest BCUT2D eigenvalue weighted by molar-refractivity contribution is -0.140. The zero-order chi connectivity index (χ0) is 11.8. The van der Waals surface area contributed by atoms with Gasteiger partial charge in [-0.25, -0.2) is 4.79 Å². The van der Waals surface area contributed by atoms with Gasteiger partial charge in [0.25, 0.3) is 0 Å². The summed E-state index contributed by atoms with van der Waals surface area (Å²) in [4.78, 5) is 11.7. The third kappa shape index (κ3) is 1.65. The minimum atomic E-state index is -0.286. The molecule has 0 aliphatic carbocycles. The molecular weight excluding hydrogens is 218 g/mol. The fourth-order valence-electron chi connectivity index (χ4n) is 2.35. The minimum Gasteiger partial charge on any atom is -0.508 e. The molecule has 0 unspecified atom stereocenters. The number of ether oxygens (including phenoxy) is 1. The molecule has 88 valence electrons. The Balaban J connectivity index is 1.97.